The summed E-state index contributed by atoms with van der Waals surface area (Å²) in [7, 11) is 0. The van der Waals surface area contributed by atoms with Crippen LogP contribution in [-0.4, -0.2) is 0 Å². The van der Waals surface area contributed by atoms with Gasteiger partial charge in [0.05, 0.1) is 0 Å². The maximum Gasteiger partial charge on any atom is 0.00319 e. The van der Waals surface area contributed by atoms with Crippen molar-refractivity contribution in [1.29, 1.82) is 0 Å². The molecule has 0 fully saturated rings. The lowest BCUT2D eigenvalue weighted by Gasteiger charge is -2.05. The van der Waals surface area contributed by atoms with Crippen LogP contribution in [0.4, 0.5) is 0 Å². The Morgan fingerprint density at radius 1 is 1.21 bits per heavy atom. The number of thioether (sulfide) groups is 1. The largest absolute Gasteiger partial charge is 0.100 e. The van der Waals surface area contributed by atoms with Crippen molar-refractivity contribution in [2.75, 3.05) is 0 Å². The molecule has 0 bridgehead atoms. The molecule has 0 saturated carbocycles. The maximum absolute atomic E-state index is 4.01. The number of hydrogen-bond donors (Lipinski definition) is 0. The van der Waals surface area contributed by atoms with Crippen LogP contribution in [0, 0.1) is 6.92 Å². The molecule has 0 saturated heterocycles. The van der Waals surface area contributed by atoms with Gasteiger partial charge in [0.15, 0.2) is 0 Å². The second-order valence-electron chi connectivity index (χ2n) is 3.51. The van der Waals surface area contributed by atoms with Gasteiger partial charge < -0.3 is 0 Å². The Hall–Kier alpha value is -0.950. The highest BCUT2D eigenvalue weighted by Gasteiger charge is 1.98. The molecule has 0 aromatic heterocycles. The Bertz CT molecular complexity index is 333. The standard InChI is InChI=1S/C13H16S/c1-10(2)14-12(4)9-13-7-5-11(3)6-8-13/h5-8H,1,4,9H2,2-3H3. The number of benzene rings is 1. The van der Waals surface area contributed by atoms with E-state index >= 15 is 0 Å². The molecule has 0 aliphatic rings. The van der Waals surface area contributed by atoms with E-state index in [1.807, 2.05) is 6.92 Å². The van der Waals surface area contributed by atoms with E-state index in [1.165, 1.54) is 11.1 Å². The normalized spacial score (nSPS) is 9.86. The van der Waals surface area contributed by atoms with E-state index in [0.717, 1.165) is 16.2 Å². The van der Waals surface area contributed by atoms with Crippen LogP contribution >= 0.6 is 11.8 Å². The van der Waals surface area contributed by atoms with E-state index in [-0.39, 0.29) is 0 Å². The first-order chi connectivity index (χ1) is 6.58. The van der Waals surface area contributed by atoms with Crippen molar-refractivity contribution in [2.24, 2.45) is 0 Å². The van der Waals surface area contributed by atoms with Crippen LogP contribution in [0.2, 0.25) is 0 Å². The minimum Gasteiger partial charge on any atom is -0.100 e. The van der Waals surface area contributed by atoms with Crippen molar-refractivity contribution >= 4 is 11.8 Å². The van der Waals surface area contributed by atoms with Gasteiger partial charge in [-0.3, -0.25) is 0 Å². The zero-order valence-corrected chi connectivity index (χ0v) is 9.66. The number of aryl methyl sites for hydroxylation is 1. The summed E-state index contributed by atoms with van der Waals surface area (Å²) in [6.45, 7) is 12.0. The lowest BCUT2D eigenvalue weighted by Crippen LogP contribution is -1.85. The monoisotopic (exact) mass is 204 g/mol. The van der Waals surface area contributed by atoms with Gasteiger partial charge in [-0.25, -0.2) is 0 Å². The summed E-state index contributed by atoms with van der Waals surface area (Å²) in [5.41, 5.74) is 2.61. The van der Waals surface area contributed by atoms with E-state index in [4.69, 9.17) is 0 Å². The summed E-state index contributed by atoms with van der Waals surface area (Å²) in [5.74, 6) is 0. The van der Waals surface area contributed by atoms with Gasteiger partial charge >= 0.3 is 0 Å². The molecule has 1 aromatic carbocycles. The molecule has 0 radical (unpaired) electrons. The predicted octanol–water partition coefficient (Wildman–Crippen LogP) is 4.32. The molecule has 0 heterocycles. The van der Waals surface area contributed by atoms with Gasteiger partial charge in [-0.2, -0.15) is 0 Å². The zero-order valence-electron chi connectivity index (χ0n) is 8.84. The van der Waals surface area contributed by atoms with Crippen LogP contribution in [0.25, 0.3) is 0 Å². The molecular weight excluding hydrogens is 188 g/mol. The van der Waals surface area contributed by atoms with Gasteiger partial charge in [0, 0.05) is 6.42 Å². The second-order valence-corrected chi connectivity index (χ2v) is 4.98. The molecule has 0 amide bonds. The van der Waals surface area contributed by atoms with Gasteiger partial charge in [0.25, 0.3) is 0 Å². The summed E-state index contributed by atoms with van der Waals surface area (Å²) in [5, 5.41) is 0. The molecule has 0 atom stereocenters. The zero-order chi connectivity index (χ0) is 10.6. The minimum atomic E-state index is 0.928. The highest BCUT2D eigenvalue weighted by molar-refractivity contribution is 8.06. The molecule has 74 valence electrons. The first-order valence-corrected chi connectivity index (χ1v) is 5.46. The highest BCUT2D eigenvalue weighted by atomic mass is 32.2. The van der Waals surface area contributed by atoms with Crippen molar-refractivity contribution in [2.45, 2.75) is 20.3 Å². The molecule has 0 spiro atoms. The molecule has 14 heavy (non-hydrogen) atoms. The van der Waals surface area contributed by atoms with Gasteiger partial charge in [-0.1, -0.05) is 43.0 Å². The minimum absolute atomic E-state index is 0.928. The third-order valence-electron chi connectivity index (χ3n) is 1.84. The van der Waals surface area contributed by atoms with Crippen LogP contribution in [0.3, 0.4) is 0 Å². The van der Waals surface area contributed by atoms with E-state index in [9.17, 15) is 0 Å². The molecule has 1 aromatic rings. The molecule has 0 aliphatic carbocycles. The Kier molecular flexibility index (Phi) is 4.02. The second kappa shape index (κ2) is 5.06. The van der Waals surface area contributed by atoms with Crippen molar-refractivity contribution in [1.82, 2.24) is 0 Å². The first-order valence-electron chi connectivity index (χ1n) is 4.64. The number of rotatable bonds is 4. The van der Waals surface area contributed by atoms with E-state index in [2.05, 4.69) is 44.3 Å². The fraction of sp³-hybridized carbons (Fsp3) is 0.231. The van der Waals surface area contributed by atoms with Crippen LogP contribution < -0.4 is 0 Å². The van der Waals surface area contributed by atoms with Gasteiger partial charge in [0.1, 0.15) is 0 Å². The average Bonchev–Trinajstić information content (AvgIpc) is 2.07. The average molecular weight is 204 g/mol. The van der Waals surface area contributed by atoms with Crippen molar-refractivity contribution in [3.63, 3.8) is 0 Å². The fourth-order valence-electron chi connectivity index (χ4n) is 1.22. The smallest absolute Gasteiger partial charge is 0.00319 e. The molecule has 1 heteroatoms. The lowest BCUT2D eigenvalue weighted by atomic mass is 10.1. The van der Waals surface area contributed by atoms with Crippen LogP contribution in [0.15, 0.2) is 47.2 Å². The first kappa shape index (κ1) is 11.1. The summed E-state index contributed by atoms with van der Waals surface area (Å²) < 4.78 is 0. The van der Waals surface area contributed by atoms with Crippen LogP contribution in [0.5, 0.6) is 0 Å². The maximum atomic E-state index is 4.01. The van der Waals surface area contributed by atoms with Crippen molar-refractivity contribution < 1.29 is 0 Å². The quantitative estimate of drug-likeness (QED) is 0.704. The molecule has 1 rings (SSSR count). The predicted molar refractivity (Wildman–Crippen MR) is 66.4 cm³/mol. The third kappa shape index (κ3) is 3.84. The number of hydrogen-bond acceptors (Lipinski definition) is 1. The Balaban J connectivity index is 2.56. The Labute approximate surface area is 90.7 Å². The molecule has 0 unspecified atom stereocenters. The van der Waals surface area contributed by atoms with Gasteiger partial charge in [-0.05, 0) is 29.2 Å². The topological polar surface area (TPSA) is 0 Å². The third-order valence-corrected chi connectivity index (χ3v) is 2.62. The van der Waals surface area contributed by atoms with E-state index < -0.39 is 0 Å². The Morgan fingerprint density at radius 3 is 2.29 bits per heavy atom. The lowest BCUT2D eigenvalue weighted by molar-refractivity contribution is 1.24. The highest BCUT2D eigenvalue weighted by Crippen LogP contribution is 2.24. The van der Waals surface area contributed by atoms with E-state index in [0.29, 0.717) is 0 Å². The summed E-state index contributed by atoms with van der Waals surface area (Å²) in [6.07, 6.45) is 0.928. The van der Waals surface area contributed by atoms with Crippen LogP contribution in [-0.2, 0) is 6.42 Å². The van der Waals surface area contributed by atoms with Gasteiger partial charge in [0.2, 0.25) is 0 Å². The van der Waals surface area contributed by atoms with E-state index in [1.54, 1.807) is 11.8 Å². The van der Waals surface area contributed by atoms with Crippen molar-refractivity contribution in [3.8, 4) is 0 Å². The molecule has 0 nitrogen and oxygen atoms in total. The van der Waals surface area contributed by atoms with Crippen molar-refractivity contribution in [3.05, 3.63) is 58.4 Å². The number of allylic oxidation sites excluding steroid dienone is 2. The SMILES string of the molecule is C=C(C)SC(=C)Cc1ccc(C)cc1. The fourth-order valence-corrected chi connectivity index (χ4v) is 1.95. The summed E-state index contributed by atoms with van der Waals surface area (Å²) >= 11 is 1.66. The Morgan fingerprint density at radius 2 is 1.79 bits per heavy atom. The van der Waals surface area contributed by atoms with Crippen LogP contribution in [0.1, 0.15) is 18.1 Å². The summed E-state index contributed by atoms with van der Waals surface area (Å²) in [6, 6.07) is 8.57. The molecule has 0 N–H and O–H groups in total. The molecule has 0 aliphatic heterocycles. The van der Waals surface area contributed by atoms with Gasteiger partial charge in [-0.15, -0.1) is 11.8 Å². The summed E-state index contributed by atoms with van der Waals surface area (Å²) in [4.78, 5) is 2.25. The molecular formula is C13H16S.